The first kappa shape index (κ1) is 12.9. The van der Waals surface area contributed by atoms with Crippen molar-refractivity contribution in [2.24, 2.45) is 11.8 Å². The lowest BCUT2D eigenvalue weighted by molar-refractivity contribution is -0.0804. The van der Waals surface area contributed by atoms with Gasteiger partial charge in [-0.25, -0.2) is 4.39 Å². The molecule has 1 heterocycles. The van der Waals surface area contributed by atoms with Gasteiger partial charge in [-0.3, -0.25) is 0 Å². The fourth-order valence-corrected chi connectivity index (χ4v) is 3.70. The highest BCUT2D eigenvalue weighted by Gasteiger charge is 2.47. The molecule has 4 atom stereocenters. The third-order valence-electron chi connectivity index (χ3n) is 4.90. The molecule has 1 aromatic rings. The van der Waals surface area contributed by atoms with Crippen molar-refractivity contribution in [1.29, 1.82) is 0 Å². The first-order valence-corrected chi connectivity index (χ1v) is 7.17. The maximum absolute atomic E-state index is 13.4. The van der Waals surface area contributed by atoms with Gasteiger partial charge in [0.1, 0.15) is 17.2 Å². The van der Waals surface area contributed by atoms with E-state index in [0.717, 1.165) is 24.8 Å². The van der Waals surface area contributed by atoms with Crippen LogP contribution in [0.5, 0.6) is 5.75 Å². The van der Waals surface area contributed by atoms with Crippen LogP contribution in [0.1, 0.15) is 51.2 Å². The normalized spacial score (nSPS) is 37.8. The van der Waals surface area contributed by atoms with Gasteiger partial charge in [-0.05, 0) is 43.2 Å². The van der Waals surface area contributed by atoms with Crippen molar-refractivity contribution in [3.8, 4) is 5.75 Å². The molecule has 0 bridgehead atoms. The van der Waals surface area contributed by atoms with Gasteiger partial charge in [0.15, 0.2) is 0 Å². The SMILES string of the molecule is CC1CCC2(C[C@@H](O)c3ccc(F)cc3O2)C(C)C1. The minimum atomic E-state index is -0.541. The highest BCUT2D eigenvalue weighted by Crippen LogP contribution is 2.49. The number of aliphatic hydroxyl groups excluding tert-OH is 1. The molecule has 19 heavy (non-hydrogen) atoms. The van der Waals surface area contributed by atoms with Gasteiger partial charge in [0.05, 0.1) is 6.10 Å². The molecule has 1 aromatic carbocycles. The molecule has 1 aliphatic carbocycles. The Morgan fingerprint density at radius 3 is 2.89 bits per heavy atom. The summed E-state index contributed by atoms with van der Waals surface area (Å²) in [6.45, 7) is 4.45. The summed E-state index contributed by atoms with van der Waals surface area (Å²) in [7, 11) is 0. The van der Waals surface area contributed by atoms with Gasteiger partial charge in [-0.2, -0.15) is 0 Å². The topological polar surface area (TPSA) is 29.5 Å². The van der Waals surface area contributed by atoms with E-state index < -0.39 is 6.10 Å². The lowest BCUT2D eigenvalue weighted by Crippen LogP contribution is -2.49. The second-order valence-corrected chi connectivity index (χ2v) is 6.35. The zero-order valence-electron chi connectivity index (χ0n) is 11.5. The Balaban J connectivity index is 1.95. The molecule has 2 aliphatic rings. The maximum atomic E-state index is 13.4. The van der Waals surface area contributed by atoms with E-state index in [0.29, 0.717) is 24.0 Å². The summed E-state index contributed by atoms with van der Waals surface area (Å²) in [5.41, 5.74) is 0.407. The van der Waals surface area contributed by atoms with Crippen molar-refractivity contribution in [3.05, 3.63) is 29.6 Å². The monoisotopic (exact) mass is 264 g/mol. The van der Waals surface area contributed by atoms with Gasteiger partial charge in [-0.1, -0.05) is 13.8 Å². The number of halogens is 1. The minimum Gasteiger partial charge on any atom is -0.486 e. The number of hydrogen-bond donors (Lipinski definition) is 1. The van der Waals surface area contributed by atoms with Crippen LogP contribution in [0.15, 0.2) is 18.2 Å². The summed E-state index contributed by atoms with van der Waals surface area (Å²) in [5.74, 6) is 1.32. The van der Waals surface area contributed by atoms with Gasteiger partial charge in [-0.15, -0.1) is 0 Å². The molecule has 3 rings (SSSR count). The summed E-state index contributed by atoms with van der Waals surface area (Å²) in [4.78, 5) is 0. The van der Waals surface area contributed by atoms with E-state index in [4.69, 9.17) is 4.74 Å². The third kappa shape index (κ3) is 2.14. The van der Waals surface area contributed by atoms with Crippen LogP contribution in [0.25, 0.3) is 0 Å². The van der Waals surface area contributed by atoms with Gasteiger partial charge >= 0.3 is 0 Å². The molecule has 1 spiro atoms. The van der Waals surface area contributed by atoms with E-state index in [-0.39, 0.29) is 11.4 Å². The first-order valence-electron chi connectivity index (χ1n) is 7.17. The van der Waals surface area contributed by atoms with Crippen LogP contribution in [0, 0.1) is 17.7 Å². The van der Waals surface area contributed by atoms with Crippen molar-refractivity contribution in [2.75, 3.05) is 0 Å². The molecule has 0 aromatic heterocycles. The molecule has 0 saturated heterocycles. The number of fused-ring (bicyclic) bond motifs is 1. The Kier molecular flexibility index (Phi) is 3.05. The molecule has 2 nitrogen and oxygen atoms in total. The van der Waals surface area contributed by atoms with E-state index in [1.807, 2.05) is 0 Å². The van der Waals surface area contributed by atoms with Crippen LogP contribution in [0.2, 0.25) is 0 Å². The van der Waals surface area contributed by atoms with Crippen LogP contribution < -0.4 is 4.74 Å². The summed E-state index contributed by atoms with van der Waals surface area (Å²) >= 11 is 0. The Labute approximate surface area is 113 Å². The standard InChI is InChI=1S/C16H21FO2/c1-10-5-6-16(11(2)7-10)9-14(18)13-4-3-12(17)8-15(13)19-16/h3-4,8,10-11,14,18H,5-7,9H2,1-2H3/t10?,11?,14-,16?/m1/s1. The quantitative estimate of drug-likeness (QED) is 0.771. The Hall–Kier alpha value is -1.09. The average molecular weight is 264 g/mol. The lowest BCUT2D eigenvalue weighted by atomic mass is 9.68. The number of aliphatic hydroxyl groups is 1. The maximum Gasteiger partial charge on any atom is 0.128 e. The lowest BCUT2D eigenvalue weighted by Gasteiger charge is -2.48. The van der Waals surface area contributed by atoms with Gasteiger partial charge in [0.2, 0.25) is 0 Å². The molecule has 0 radical (unpaired) electrons. The minimum absolute atomic E-state index is 0.306. The Bertz CT molecular complexity index is 488. The highest BCUT2D eigenvalue weighted by molar-refractivity contribution is 5.38. The molecular formula is C16H21FO2. The largest absolute Gasteiger partial charge is 0.486 e. The second-order valence-electron chi connectivity index (χ2n) is 6.35. The molecule has 1 aliphatic heterocycles. The zero-order valence-corrected chi connectivity index (χ0v) is 11.5. The van der Waals surface area contributed by atoms with Crippen LogP contribution in [0.4, 0.5) is 4.39 Å². The van der Waals surface area contributed by atoms with Crippen molar-refractivity contribution in [2.45, 2.75) is 51.2 Å². The average Bonchev–Trinajstić information content (AvgIpc) is 2.34. The molecular weight excluding hydrogens is 243 g/mol. The van der Waals surface area contributed by atoms with Gasteiger partial charge < -0.3 is 9.84 Å². The Morgan fingerprint density at radius 2 is 2.16 bits per heavy atom. The fraction of sp³-hybridized carbons (Fsp3) is 0.625. The number of benzene rings is 1. The van der Waals surface area contributed by atoms with E-state index in [1.54, 1.807) is 6.07 Å². The highest BCUT2D eigenvalue weighted by atomic mass is 19.1. The molecule has 1 fully saturated rings. The smallest absolute Gasteiger partial charge is 0.128 e. The number of hydrogen-bond acceptors (Lipinski definition) is 2. The van der Waals surface area contributed by atoms with Crippen molar-refractivity contribution in [1.82, 2.24) is 0 Å². The number of ether oxygens (including phenoxy) is 1. The molecule has 3 heteroatoms. The zero-order chi connectivity index (χ0) is 13.6. The molecule has 104 valence electrons. The summed E-state index contributed by atoms with van der Waals surface area (Å²) in [6.07, 6.45) is 3.25. The molecule has 3 unspecified atom stereocenters. The fourth-order valence-electron chi connectivity index (χ4n) is 3.70. The van der Waals surface area contributed by atoms with E-state index >= 15 is 0 Å². The summed E-state index contributed by atoms with van der Waals surface area (Å²) < 4.78 is 19.5. The van der Waals surface area contributed by atoms with Crippen LogP contribution in [0.3, 0.4) is 0 Å². The third-order valence-corrected chi connectivity index (χ3v) is 4.90. The molecule has 1 saturated carbocycles. The van der Waals surface area contributed by atoms with Crippen molar-refractivity contribution >= 4 is 0 Å². The first-order chi connectivity index (χ1) is 9.00. The molecule has 0 amide bonds. The van der Waals surface area contributed by atoms with E-state index in [2.05, 4.69) is 13.8 Å². The van der Waals surface area contributed by atoms with Crippen LogP contribution in [-0.2, 0) is 0 Å². The van der Waals surface area contributed by atoms with E-state index in [1.165, 1.54) is 12.1 Å². The van der Waals surface area contributed by atoms with Crippen molar-refractivity contribution in [3.63, 3.8) is 0 Å². The predicted octanol–water partition coefficient (Wildman–Crippen LogP) is 3.84. The van der Waals surface area contributed by atoms with E-state index in [9.17, 15) is 9.50 Å². The van der Waals surface area contributed by atoms with Gasteiger partial charge in [0, 0.05) is 18.1 Å². The van der Waals surface area contributed by atoms with Crippen LogP contribution >= 0.6 is 0 Å². The summed E-state index contributed by atoms with van der Waals surface area (Å²) in [5, 5.41) is 10.4. The number of rotatable bonds is 0. The summed E-state index contributed by atoms with van der Waals surface area (Å²) in [6, 6.07) is 4.43. The molecule has 1 N–H and O–H groups in total. The van der Waals surface area contributed by atoms with Crippen LogP contribution in [-0.4, -0.2) is 10.7 Å². The van der Waals surface area contributed by atoms with Gasteiger partial charge in [0.25, 0.3) is 0 Å². The second kappa shape index (κ2) is 4.48. The van der Waals surface area contributed by atoms with Crippen molar-refractivity contribution < 1.29 is 14.2 Å². The Morgan fingerprint density at radius 1 is 1.37 bits per heavy atom. The predicted molar refractivity (Wildman–Crippen MR) is 71.5 cm³/mol.